The Hall–Kier alpha value is -4.65. The zero-order valence-corrected chi connectivity index (χ0v) is 21.5. The minimum absolute atomic E-state index is 0.139. The average Bonchev–Trinajstić information content (AvgIpc) is 3.27. The molecule has 0 saturated carbocycles. The number of hydrogen-bond acceptors (Lipinski definition) is 5. The smallest absolute Gasteiger partial charge is 0.416 e. The quantitative estimate of drug-likeness (QED) is 0.177. The van der Waals surface area contributed by atoms with E-state index in [1.54, 1.807) is 30.3 Å². The summed E-state index contributed by atoms with van der Waals surface area (Å²) >= 11 is 0. The van der Waals surface area contributed by atoms with Gasteiger partial charge < -0.3 is 25.3 Å². The SMILES string of the molecule is CN(C)CCCC(=O)Nc1nc2cc(Oc3ccc(NC(=O)Nc4cc(C(F)(F)F)ccc4F)cc3)ccc2[nH]1. The summed E-state index contributed by atoms with van der Waals surface area (Å²) in [4.78, 5) is 33.8. The summed E-state index contributed by atoms with van der Waals surface area (Å²) in [6.07, 6.45) is -3.58. The first kappa shape index (κ1) is 28.4. The maximum atomic E-state index is 13.9. The third-order valence-corrected chi connectivity index (χ3v) is 5.61. The number of carbonyl (C=O) groups excluding carboxylic acids is 2. The highest BCUT2D eigenvalue weighted by atomic mass is 19.4. The molecule has 4 rings (SSSR count). The lowest BCUT2D eigenvalue weighted by atomic mass is 10.2. The van der Waals surface area contributed by atoms with Crippen molar-refractivity contribution in [2.75, 3.05) is 36.6 Å². The number of fused-ring (bicyclic) bond motifs is 1. The third-order valence-electron chi connectivity index (χ3n) is 5.61. The Balaban J connectivity index is 1.34. The summed E-state index contributed by atoms with van der Waals surface area (Å²) in [7, 11) is 3.88. The molecule has 1 heterocycles. The summed E-state index contributed by atoms with van der Waals surface area (Å²) < 4.78 is 58.4. The number of benzene rings is 3. The normalized spacial score (nSPS) is 11.5. The number of aromatic amines is 1. The van der Waals surface area contributed by atoms with Gasteiger partial charge in [-0.15, -0.1) is 0 Å². The first-order chi connectivity index (χ1) is 19.0. The molecule has 0 aliphatic rings. The predicted molar refractivity (Wildman–Crippen MR) is 143 cm³/mol. The van der Waals surface area contributed by atoms with Crippen LogP contribution in [0.5, 0.6) is 11.5 Å². The monoisotopic (exact) mass is 558 g/mol. The molecule has 0 bridgehead atoms. The van der Waals surface area contributed by atoms with Crippen molar-refractivity contribution >= 4 is 40.3 Å². The van der Waals surface area contributed by atoms with Crippen LogP contribution in [0.2, 0.25) is 0 Å². The molecule has 3 aromatic carbocycles. The van der Waals surface area contributed by atoms with Crippen molar-refractivity contribution in [2.24, 2.45) is 0 Å². The Morgan fingerprint density at radius 3 is 2.38 bits per heavy atom. The number of halogens is 4. The van der Waals surface area contributed by atoms with E-state index in [-0.39, 0.29) is 5.91 Å². The maximum absolute atomic E-state index is 13.9. The lowest BCUT2D eigenvalue weighted by Gasteiger charge is -2.12. The number of ether oxygens (including phenoxy) is 1. The molecule has 0 unspecified atom stereocenters. The van der Waals surface area contributed by atoms with Gasteiger partial charge in [0.1, 0.15) is 17.3 Å². The van der Waals surface area contributed by atoms with Crippen LogP contribution in [0.4, 0.5) is 39.7 Å². The minimum atomic E-state index is -4.68. The molecule has 210 valence electrons. The molecule has 0 fully saturated rings. The van der Waals surface area contributed by atoms with Crippen LogP contribution in [-0.4, -0.2) is 47.4 Å². The Morgan fingerprint density at radius 1 is 0.950 bits per heavy atom. The number of nitrogens with zero attached hydrogens (tertiary/aromatic N) is 2. The highest BCUT2D eigenvalue weighted by molar-refractivity contribution is 6.00. The summed E-state index contributed by atoms with van der Waals surface area (Å²) in [5.41, 5.74) is -0.106. The van der Waals surface area contributed by atoms with Crippen LogP contribution in [-0.2, 0) is 11.0 Å². The molecule has 0 spiro atoms. The largest absolute Gasteiger partial charge is 0.457 e. The standard InChI is InChI=1S/C27H26F4N6O3/c1-37(2)13-3-4-24(38)36-25-33-21-12-10-19(15-23(21)34-25)40-18-8-6-17(7-9-18)32-26(39)35-22-14-16(27(29,30)31)5-11-20(22)28/h5-12,14-15H,3-4,13H2,1-2H3,(H2,32,35,39)(H2,33,34,36,38). The second kappa shape index (κ2) is 12.0. The first-order valence-electron chi connectivity index (χ1n) is 12.1. The lowest BCUT2D eigenvalue weighted by molar-refractivity contribution is -0.137. The van der Waals surface area contributed by atoms with Crippen molar-refractivity contribution < 1.29 is 31.9 Å². The number of nitrogens with one attached hydrogen (secondary N) is 4. The molecule has 1 aromatic heterocycles. The number of rotatable bonds is 9. The first-order valence-corrected chi connectivity index (χ1v) is 12.1. The number of aromatic nitrogens is 2. The summed E-state index contributed by atoms with van der Waals surface area (Å²) in [6, 6.07) is 12.1. The van der Waals surface area contributed by atoms with Crippen LogP contribution in [0.15, 0.2) is 60.7 Å². The van der Waals surface area contributed by atoms with Crippen molar-refractivity contribution in [3.63, 3.8) is 0 Å². The van der Waals surface area contributed by atoms with Crippen molar-refractivity contribution in [3.8, 4) is 11.5 Å². The predicted octanol–water partition coefficient (Wildman–Crippen LogP) is 6.44. The van der Waals surface area contributed by atoms with Crippen molar-refractivity contribution in [2.45, 2.75) is 19.0 Å². The van der Waals surface area contributed by atoms with Crippen molar-refractivity contribution in [1.82, 2.24) is 14.9 Å². The fourth-order valence-electron chi connectivity index (χ4n) is 3.68. The van der Waals surface area contributed by atoms with Crippen molar-refractivity contribution in [3.05, 3.63) is 72.0 Å². The van der Waals surface area contributed by atoms with Crippen molar-refractivity contribution in [1.29, 1.82) is 0 Å². The minimum Gasteiger partial charge on any atom is -0.457 e. The van der Waals surface area contributed by atoms with Gasteiger partial charge in [0.2, 0.25) is 11.9 Å². The Bertz CT molecular complexity index is 1500. The van der Waals surface area contributed by atoms with Gasteiger partial charge in [0.25, 0.3) is 0 Å². The zero-order chi connectivity index (χ0) is 28.9. The van der Waals surface area contributed by atoms with Gasteiger partial charge in [-0.2, -0.15) is 13.2 Å². The van der Waals surface area contributed by atoms with E-state index in [4.69, 9.17) is 4.74 Å². The fraction of sp³-hybridized carbons (Fsp3) is 0.222. The van der Waals surface area contributed by atoms with Gasteiger partial charge in [-0.05, 0) is 81.7 Å². The van der Waals surface area contributed by atoms with Gasteiger partial charge in [0.05, 0.1) is 22.3 Å². The van der Waals surface area contributed by atoms with Crippen LogP contribution in [0, 0.1) is 5.82 Å². The lowest BCUT2D eigenvalue weighted by Crippen LogP contribution is -2.20. The Labute approximate surface area is 226 Å². The molecule has 0 atom stereocenters. The zero-order valence-electron chi connectivity index (χ0n) is 21.5. The summed E-state index contributed by atoms with van der Waals surface area (Å²) in [5.74, 6) is 0.0937. The van der Waals surface area contributed by atoms with E-state index in [0.29, 0.717) is 58.8 Å². The summed E-state index contributed by atoms with van der Waals surface area (Å²) in [6.45, 7) is 0.804. The average molecular weight is 559 g/mol. The molecule has 4 aromatic rings. The van der Waals surface area contributed by atoms with E-state index < -0.39 is 29.3 Å². The second-order valence-corrected chi connectivity index (χ2v) is 9.12. The highest BCUT2D eigenvalue weighted by Gasteiger charge is 2.31. The van der Waals surface area contributed by atoms with Crippen LogP contribution in [0.3, 0.4) is 0 Å². The van der Waals surface area contributed by atoms with E-state index in [1.165, 1.54) is 12.1 Å². The Kier molecular flexibility index (Phi) is 8.53. The molecule has 9 nitrogen and oxygen atoms in total. The number of hydrogen-bond donors (Lipinski definition) is 4. The Morgan fingerprint density at radius 2 is 1.68 bits per heavy atom. The van der Waals surface area contributed by atoms with Gasteiger partial charge in [-0.3, -0.25) is 10.1 Å². The highest BCUT2D eigenvalue weighted by Crippen LogP contribution is 2.32. The molecular weight excluding hydrogens is 532 g/mol. The molecule has 3 amide bonds. The number of anilines is 3. The van der Waals surface area contributed by atoms with Gasteiger partial charge in [-0.25, -0.2) is 14.2 Å². The molecule has 13 heteroatoms. The number of H-pyrrole nitrogens is 1. The van der Waals surface area contributed by atoms with E-state index in [0.717, 1.165) is 13.0 Å². The van der Waals surface area contributed by atoms with Gasteiger partial charge >= 0.3 is 12.2 Å². The molecular formula is C27H26F4N6O3. The topological polar surface area (TPSA) is 111 Å². The van der Waals surface area contributed by atoms with E-state index in [9.17, 15) is 27.2 Å². The molecule has 0 saturated heterocycles. The molecule has 4 N–H and O–H groups in total. The van der Waals surface area contributed by atoms with E-state index >= 15 is 0 Å². The van der Waals surface area contributed by atoms with Crippen LogP contribution in [0.1, 0.15) is 18.4 Å². The number of alkyl halides is 3. The molecule has 0 aliphatic carbocycles. The van der Waals surface area contributed by atoms with Gasteiger partial charge in [0.15, 0.2) is 0 Å². The maximum Gasteiger partial charge on any atom is 0.416 e. The number of urea groups is 1. The van der Waals surface area contributed by atoms with Gasteiger partial charge in [0, 0.05) is 18.2 Å². The second-order valence-electron chi connectivity index (χ2n) is 9.12. The van der Waals surface area contributed by atoms with Crippen LogP contribution >= 0.6 is 0 Å². The third kappa shape index (κ3) is 7.69. The number of imidazole rings is 1. The number of amides is 3. The summed E-state index contributed by atoms with van der Waals surface area (Å²) in [5, 5.41) is 7.25. The van der Waals surface area contributed by atoms with E-state index in [1.807, 2.05) is 19.0 Å². The van der Waals surface area contributed by atoms with Gasteiger partial charge in [-0.1, -0.05) is 0 Å². The van der Waals surface area contributed by atoms with Crippen LogP contribution in [0.25, 0.3) is 11.0 Å². The molecule has 0 radical (unpaired) electrons. The van der Waals surface area contributed by atoms with E-state index in [2.05, 4.69) is 25.9 Å². The fourth-order valence-corrected chi connectivity index (χ4v) is 3.68. The number of carbonyl (C=O) groups is 2. The van der Waals surface area contributed by atoms with Crippen LogP contribution < -0.4 is 20.7 Å². The molecule has 40 heavy (non-hydrogen) atoms. The molecule has 0 aliphatic heterocycles.